The number of amides is 1. The number of piperazine rings is 1. The number of nitrogens with one attached hydrogen (secondary N) is 2. The zero-order valence-corrected chi connectivity index (χ0v) is 20.9. The molecule has 0 radical (unpaired) electrons. The number of aryl methyl sites for hydroxylation is 1. The molecule has 37 heavy (non-hydrogen) atoms. The number of hydrogen-bond acceptors (Lipinski definition) is 7. The van der Waals surface area contributed by atoms with Gasteiger partial charge in [0.1, 0.15) is 23.8 Å². The fourth-order valence-corrected chi connectivity index (χ4v) is 4.91. The lowest BCUT2D eigenvalue weighted by Gasteiger charge is -2.28. The van der Waals surface area contributed by atoms with Crippen LogP contribution in [0.3, 0.4) is 0 Å². The summed E-state index contributed by atoms with van der Waals surface area (Å²) >= 11 is 1.38. The molecule has 5 aromatic rings. The van der Waals surface area contributed by atoms with Crippen molar-refractivity contribution in [1.29, 1.82) is 0 Å². The van der Waals surface area contributed by atoms with Crippen molar-refractivity contribution in [1.82, 2.24) is 30.4 Å². The molecule has 3 aromatic heterocycles. The molecule has 6 rings (SSSR count). The molecule has 11 heteroatoms. The highest BCUT2D eigenvalue weighted by Crippen LogP contribution is 2.26. The number of hydrogen-bond donors (Lipinski definition) is 2. The van der Waals surface area contributed by atoms with Crippen molar-refractivity contribution in [3.8, 4) is 5.69 Å². The Morgan fingerprint density at radius 2 is 1.95 bits per heavy atom. The minimum Gasteiger partial charge on any atom is -0.355 e. The van der Waals surface area contributed by atoms with Crippen LogP contribution in [-0.2, 0) is 11.3 Å². The van der Waals surface area contributed by atoms with Crippen molar-refractivity contribution < 1.29 is 16.4 Å². The van der Waals surface area contributed by atoms with Gasteiger partial charge in [-0.2, -0.15) is 0 Å². The van der Waals surface area contributed by atoms with Crippen molar-refractivity contribution in [3.05, 3.63) is 77.1 Å². The maximum absolute atomic E-state index is 13.8. The molecule has 1 aliphatic rings. The van der Waals surface area contributed by atoms with Crippen LogP contribution in [0, 0.1) is 18.6 Å². The van der Waals surface area contributed by atoms with Crippen LogP contribution in [0.2, 0.25) is 0 Å². The first-order chi connectivity index (χ1) is 18.0. The second-order valence-corrected chi connectivity index (χ2v) is 9.50. The molecule has 1 fully saturated rings. The van der Waals surface area contributed by atoms with E-state index < -0.39 is 0 Å². The monoisotopic (exact) mass is 525 g/mol. The number of benzene rings is 2. The summed E-state index contributed by atoms with van der Waals surface area (Å²) in [5, 5.41) is 13.3. The molecule has 0 saturated carbocycles. The quantitative estimate of drug-likeness (QED) is 0.330. The van der Waals surface area contributed by atoms with Crippen LogP contribution in [0.15, 0.2) is 54.3 Å². The van der Waals surface area contributed by atoms with Crippen molar-refractivity contribution in [2.24, 2.45) is 0 Å². The summed E-state index contributed by atoms with van der Waals surface area (Å²) in [6.07, 6.45) is 4.04. The number of carbonyl (C=O) groups excluding carboxylic acids is 1. The van der Waals surface area contributed by atoms with E-state index in [1.807, 2.05) is 24.4 Å². The van der Waals surface area contributed by atoms with Gasteiger partial charge < -0.3 is 15.5 Å². The molecule has 1 saturated heterocycles. The Hall–Kier alpha value is -3.96. The molecule has 1 amide bonds. The van der Waals surface area contributed by atoms with E-state index in [9.17, 15) is 13.6 Å². The van der Waals surface area contributed by atoms with Gasteiger partial charge in [-0.3, -0.25) is 4.79 Å². The van der Waals surface area contributed by atoms with Gasteiger partial charge >= 0.3 is 0 Å². The highest BCUT2D eigenvalue weighted by Gasteiger charge is 2.17. The number of anilines is 1. The van der Waals surface area contributed by atoms with Crippen molar-refractivity contribution in [2.75, 3.05) is 31.1 Å². The van der Waals surface area contributed by atoms with E-state index in [1.165, 1.54) is 29.1 Å². The number of carbonyl (C=O) groups is 1. The van der Waals surface area contributed by atoms with E-state index in [1.54, 1.807) is 23.7 Å². The topological polar surface area (TPSA) is 88.0 Å². The molecule has 0 bridgehead atoms. The van der Waals surface area contributed by atoms with Crippen molar-refractivity contribution in [2.45, 2.75) is 13.5 Å². The average molecular weight is 526 g/mol. The van der Waals surface area contributed by atoms with Crippen LogP contribution >= 0.6 is 11.3 Å². The molecule has 194 valence electrons. The lowest BCUT2D eigenvalue weighted by atomic mass is 10.1. The van der Waals surface area contributed by atoms with Crippen molar-refractivity contribution >= 4 is 44.7 Å². The van der Waals surface area contributed by atoms with E-state index in [4.69, 9.17) is 0 Å². The Balaban J connectivity index is 0.000000228. The Morgan fingerprint density at radius 1 is 1.11 bits per heavy atom. The largest absolute Gasteiger partial charge is 0.355 e. The molecule has 8 nitrogen and oxygen atoms in total. The summed E-state index contributed by atoms with van der Waals surface area (Å²) in [5.74, 6) is 0.448. The van der Waals surface area contributed by atoms with Crippen LogP contribution < -0.4 is 15.5 Å². The molecule has 2 N–H and O–H groups in total. The van der Waals surface area contributed by atoms with Gasteiger partial charge in [0.25, 0.3) is 0 Å². The van der Waals surface area contributed by atoms with E-state index >= 15 is 0 Å². The first kappa shape index (κ1) is 24.7. The summed E-state index contributed by atoms with van der Waals surface area (Å²) < 4.78 is 29.6. The summed E-state index contributed by atoms with van der Waals surface area (Å²) in [5.41, 5.74) is 2.82. The summed E-state index contributed by atoms with van der Waals surface area (Å²) in [6.45, 7) is 5.85. The maximum Gasteiger partial charge on any atom is 0.207 e. The van der Waals surface area contributed by atoms with Gasteiger partial charge in [0.05, 0.1) is 11.1 Å². The minimum absolute atomic E-state index is 0. The van der Waals surface area contributed by atoms with Gasteiger partial charge in [-0.25, -0.2) is 23.4 Å². The summed E-state index contributed by atoms with van der Waals surface area (Å²) in [7, 11) is 0. The van der Waals surface area contributed by atoms with Crippen LogP contribution in [0.1, 0.15) is 14.0 Å². The predicted octanol–water partition coefficient (Wildman–Crippen LogP) is 4.45. The molecule has 4 heterocycles. The highest BCUT2D eigenvalue weighted by molar-refractivity contribution is 7.17. The number of aromatic nitrogens is 4. The number of thiophene rings is 1. The number of rotatable bonds is 5. The van der Waals surface area contributed by atoms with E-state index in [0.717, 1.165) is 47.6 Å². The molecule has 1 aliphatic heterocycles. The molecular weight excluding hydrogens is 496 g/mol. The van der Waals surface area contributed by atoms with E-state index in [-0.39, 0.29) is 14.5 Å². The highest BCUT2D eigenvalue weighted by atomic mass is 32.1. The molecule has 2 aromatic carbocycles. The van der Waals surface area contributed by atoms with Gasteiger partial charge in [-0.05, 0) is 42.3 Å². The molecule has 0 atom stereocenters. The van der Waals surface area contributed by atoms with E-state index in [0.29, 0.717) is 35.2 Å². The first-order valence-corrected chi connectivity index (χ1v) is 12.7. The maximum atomic E-state index is 13.8. The van der Waals surface area contributed by atoms with Gasteiger partial charge in [-0.15, -0.1) is 16.4 Å². The first-order valence-electron chi connectivity index (χ1n) is 11.8. The molecular formula is C26H29F2N7OS. The van der Waals surface area contributed by atoms with Crippen LogP contribution in [-0.4, -0.2) is 52.3 Å². The summed E-state index contributed by atoms with van der Waals surface area (Å²) in [6, 6.07) is 10.6. The fraction of sp³-hybridized carbons (Fsp3) is 0.231. The Morgan fingerprint density at radius 3 is 2.73 bits per heavy atom. The smallest absolute Gasteiger partial charge is 0.207 e. The van der Waals surface area contributed by atoms with Crippen LogP contribution in [0.25, 0.3) is 26.8 Å². The zero-order valence-electron chi connectivity index (χ0n) is 20.1. The van der Waals surface area contributed by atoms with Crippen LogP contribution in [0.5, 0.6) is 0 Å². The van der Waals surface area contributed by atoms with Gasteiger partial charge in [0, 0.05) is 57.2 Å². The lowest BCUT2D eigenvalue weighted by Crippen LogP contribution is -2.43. The third-order valence-corrected chi connectivity index (χ3v) is 7.05. The lowest BCUT2D eigenvalue weighted by molar-refractivity contribution is -0.109. The number of nitrogens with zero attached hydrogens (tertiary/aromatic N) is 5. The SMILES string of the molecule is Cc1ccc(-n2cc3c(N4CCNCC4)ncnc3n2)cc1F.O=CNCc1ccc2scc(F)c2c1.[HH].[HH]. The minimum atomic E-state index is -0.240. The van der Waals surface area contributed by atoms with E-state index in [2.05, 4.69) is 30.6 Å². The third-order valence-electron chi connectivity index (χ3n) is 6.11. The van der Waals surface area contributed by atoms with Crippen LogP contribution in [0.4, 0.5) is 14.6 Å². The number of fused-ring (bicyclic) bond motifs is 2. The standard InChI is InChI=1S/C16H17FN6.C10H8FNOS.2H2/c1-11-2-3-12(8-14(11)17)23-9-13-15(21-23)19-10-20-16(13)22-6-4-18-5-7-22;11-9-5-14-10-2-1-7(3-8(9)10)4-12-6-13;;/h2-3,8-10,18H,4-7H2,1H3;1-3,5-6H,4H2,(H,12,13);2*1H. The normalized spacial score (nSPS) is 13.4. The zero-order chi connectivity index (χ0) is 25.8. The fourth-order valence-electron chi connectivity index (χ4n) is 4.13. The van der Waals surface area contributed by atoms with Crippen molar-refractivity contribution in [3.63, 3.8) is 0 Å². The average Bonchev–Trinajstić information content (AvgIpc) is 3.53. The molecule has 0 spiro atoms. The third kappa shape index (κ3) is 5.42. The Kier molecular flexibility index (Phi) is 7.33. The second-order valence-electron chi connectivity index (χ2n) is 8.59. The van der Waals surface area contributed by atoms with Gasteiger partial charge in [0.15, 0.2) is 5.65 Å². The number of halogens is 2. The van der Waals surface area contributed by atoms with Gasteiger partial charge in [-0.1, -0.05) is 12.1 Å². The predicted molar refractivity (Wildman–Crippen MR) is 145 cm³/mol. The Labute approximate surface area is 218 Å². The van der Waals surface area contributed by atoms with Gasteiger partial charge in [0.2, 0.25) is 6.41 Å². The molecule has 0 unspecified atom stereocenters. The second kappa shape index (κ2) is 11.0. The summed E-state index contributed by atoms with van der Waals surface area (Å²) in [4.78, 5) is 21.0. The Bertz CT molecular complexity index is 1560. The molecule has 0 aliphatic carbocycles.